The normalized spacial score (nSPS) is 16.9. The number of fused-ring (bicyclic) bond motifs is 1. The number of hydrogen-bond acceptors (Lipinski definition) is 4. The second-order valence-electron chi connectivity index (χ2n) is 9.25. The molecule has 1 atom stereocenters. The maximum absolute atomic E-state index is 13.4. The number of hydrogen-bond donors (Lipinski definition) is 1. The molecule has 0 aliphatic carbocycles. The molecule has 0 unspecified atom stereocenters. The fourth-order valence-corrected chi connectivity index (χ4v) is 4.48. The molecule has 0 spiro atoms. The van der Waals surface area contributed by atoms with Gasteiger partial charge in [-0.05, 0) is 42.8 Å². The van der Waals surface area contributed by atoms with Gasteiger partial charge in [0.1, 0.15) is 5.54 Å². The Morgan fingerprint density at radius 1 is 1.12 bits per heavy atom. The van der Waals surface area contributed by atoms with Crippen LogP contribution in [0, 0.1) is 5.92 Å². The lowest BCUT2D eigenvalue weighted by molar-refractivity contribution is -0.140. The van der Waals surface area contributed by atoms with Crippen molar-refractivity contribution in [2.24, 2.45) is 5.92 Å². The minimum absolute atomic E-state index is 0.0843. The third-order valence-electron chi connectivity index (χ3n) is 6.10. The lowest BCUT2D eigenvalue weighted by Crippen LogP contribution is -2.57. The molecule has 1 saturated heterocycles. The topological polar surface area (TPSA) is 71.5 Å². The highest BCUT2D eigenvalue weighted by atomic mass is 16.5. The molecule has 2 aromatic carbocycles. The highest BCUT2D eigenvalue weighted by Gasteiger charge is 2.35. The van der Waals surface area contributed by atoms with Crippen LogP contribution in [0.3, 0.4) is 0 Å². The average Bonchev–Trinajstić information content (AvgIpc) is 3.04. The summed E-state index contributed by atoms with van der Waals surface area (Å²) < 4.78 is 5.85. The summed E-state index contributed by atoms with van der Waals surface area (Å²) in [5.41, 5.74) is 1.13. The minimum atomic E-state index is -0.996. The van der Waals surface area contributed by atoms with E-state index < -0.39 is 5.54 Å². The first-order chi connectivity index (χ1) is 15.9. The van der Waals surface area contributed by atoms with Gasteiger partial charge in [0.15, 0.2) is 0 Å². The van der Waals surface area contributed by atoms with Crippen molar-refractivity contribution in [3.05, 3.63) is 78.1 Å². The summed E-state index contributed by atoms with van der Waals surface area (Å²) in [6.45, 7) is 5.75. The molecule has 6 nitrogen and oxygen atoms in total. The monoisotopic (exact) mass is 445 g/mol. The van der Waals surface area contributed by atoms with E-state index in [2.05, 4.69) is 28.5 Å². The summed E-state index contributed by atoms with van der Waals surface area (Å²) in [6, 6.07) is 17.8. The van der Waals surface area contributed by atoms with E-state index in [0.717, 1.165) is 22.8 Å². The molecule has 6 heteroatoms. The van der Waals surface area contributed by atoms with Gasteiger partial charge < -0.3 is 15.0 Å². The number of carbonyl (C=O) groups is 2. The molecule has 33 heavy (non-hydrogen) atoms. The smallest absolute Gasteiger partial charge is 0.247 e. The standard InChI is InChI=1S/C27H31N3O3/c1-27(2,29-25(31)16-20-7-4-3-5-8-20)26(32)30-13-14-33-19-21(18-30)15-23-10-6-9-22-11-12-28-17-24(22)23/h3-12,17,21H,13-16,18-19H2,1-2H3,(H,29,31)/t21-/m0/s1. The molecular formula is C27H31N3O3. The predicted molar refractivity (Wildman–Crippen MR) is 129 cm³/mol. The zero-order valence-corrected chi connectivity index (χ0v) is 19.3. The van der Waals surface area contributed by atoms with Crippen molar-refractivity contribution in [1.82, 2.24) is 15.2 Å². The number of aromatic nitrogens is 1. The fraction of sp³-hybridized carbons (Fsp3) is 0.370. The van der Waals surface area contributed by atoms with Gasteiger partial charge in [-0.3, -0.25) is 14.6 Å². The van der Waals surface area contributed by atoms with Crippen molar-refractivity contribution in [2.45, 2.75) is 32.2 Å². The van der Waals surface area contributed by atoms with E-state index in [-0.39, 0.29) is 24.2 Å². The van der Waals surface area contributed by atoms with Crippen molar-refractivity contribution < 1.29 is 14.3 Å². The second kappa shape index (κ2) is 10.1. The van der Waals surface area contributed by atoms with Gasteiger partial charge in [0.05, 0.1) is 19.6 Å². The van der Waals surface area contributed by atoms with Crippen LogP contribution in [-0.2, 0) is 27.2 Å². The maximum atomic E-state index is 13.4. The zero-order chi connectivity index (χ0) is 23.3. The summed E-state index contributed by atoms with van der Waals surface area (Å²) in [4.78, 5) is 32.1. The fourth-order valence-electron chi connectivity index (χ4n) is 4.48. The maximum Gasteiger partial charge on any atom is 0.247 e. The van der Waals surface area contributed by atoms with Gasteiger partial charge in [0.2, 0.25) is 11.8 Å². The molecule has 3 aromatic rings. The number of amides is 2. The number of nitrogens with one attached hydrogen (secondary N) is 1. The Balaban J connectivity index is 1.42. The lowest BCUT2D eigenvalue weighted by atomic mass is 9.95. The van der Waals surface area contributed by atoms with Crippen molar-refractivity contribution in [2.75, 3.05) is 26.3 Å². The van der Waals surface area contributed by atoms with E-state index >= 15 is 0 Å². The number of benzene rings is 2. The third-order valence-corrected chi connectivity index (χ3v) is 6.10. The Morgan fingerprint density at radius 3 is 2.76 bits per heavy atom. The molecule has 2 heterocycles. The first-order valence-corrected chi connectivity index (χ1v) is 11.5. The molecule has 0 radical (unpaired) electrons. The van der Waals surface area contributed by atoms with Crippen LogP contribution in [0.1, 0.15) is 25.0 Å². The van der Waals surface area contributed by atoms with Crippen LogP contribution in [0.15, 0.2) is 67.0 Å². The van der Waals surface area contributed by atoms with Crippen molar-refractivity contribution >= 4 is 22.6 Å². The number of ether oxygens (including phenoxy) is 1. The van der Waals surface area contributed by atoms with Gasteiger partial charge in [0, 0.05) is 36.8 Å². The Morgan fingerprint density at radius 2 is 1.94 bits per heavy atom. The molecule has 1 aliphatic rings. The van der Waals surface area contributed by atoms with E-state index in [1.165, 1.54) is 5.56 Å². The van der Waals surface area contributed by atoms with Crippen molar-refractivity contribution in [3.63, 3.8) is 0 Å². The SMILES string of the molecule is CC(C)(NC(=O)Cc1ccccc1)C(=O)N1CCOC[C@@H](Cc2cccc3ccncc23)C1. The Bertz CT molecular complexity index is 1110. The van der Waals surface area contributed by atoms with Crippen LogP contribution >= 0.6 is 0 Å². The summed E-state index contributed by atoms with van der Waals surface area (Å²) in [6.07, 6.45) is 4.75. The summed E-state index contributed by atoms with van der Waals surface area (Å²) in [5, 5.41) is 5.23. The van der Waals surface area contributed by atoms with Crippen LogP contribution in [0.4, 0.5) is 0 Å². The number of carbonyl (C=O) groups excluding carboxylic acids is 2. The minimum Gasteiger partial charge on any atom is -0.379 e. The molecule has 2 amide bonds. The molecule has 1 N–H and O–H groups in total. The summed E-state index contributed by atoms with van der Waals surface area (Å²) in [7, 11) is 0. The second-order valence-corrected chi connectivity index (χ2v) is 9.25. The Kier molecular flexibility index (Phi) is 7.04. The number of pyridine rings is 1. The Hall–Kier alpha value is -3.25. The molecule has 0 saturated carbocycles. The summed E-state index contributed by atoms with van der Waals surface area (Å²) in [5.74, 6) is -0.0810. The van der Waals surface area contributed by atoms with E-state index in [4.69, 9.17) is 4.74 Å². The van der Waals surface area contributed by atoms with E-state index in [9.17, 15) is 9.59 Å². The average molecular weight is 446 g/mol. The third kappa shape index (κ3) is 5.76. The van der Waals surface area contributed by atoms with Gasteiger partial charge in [-0.2, -0.15) is 0 Å². The van der Waals surface area contributed by atoms with Gasteiger partial charge >= 0.3 is 0 Å². The molecule has 1 aliphatic heterocycles. The van der Waals surface area contributed by atoms with Crippen LogP contribution < -0.4 is 5.32 Å². The van der Waals surface area contributed by atoms with Crippen LogP contribution in [-0.4, -0.2) is 53.5 Å². The van der Waals surface area contributed by atoms with E-state index in [0.29, 0.717) is 26.3 Å². The van der Waals surface area contributed by atoms with Crippen molar-refractivity contribution in [1.29, 1.82) is 0 Å². The molecular weight excluding hydrogens is 414 g/mol. The van der Waals surface area contributed by atoms with Crippen molar-refractivity contribution in [3.8, 4) is 0 Å². The van der Waals surface area contributed by atoms with Crippen LogP contribution in [0.2, 0.25) is 0 Å². The van der Waals surface area contributed by atoms with Crippen LogP contribution in [0.5, 0.6) is 0 Å². The lowest BCUT2D eigenvalue weighted by Gasteiger charge is -2.33. The molecule has 1 fully saturated rings. The van der Waals surface area contributed by atoms with E-state index in [1.54, 1.807) is 20.0 Å². The molecule has 1 aromatic heterocycles. The quantitative estimate of drug-likeness (QED) is 0.631. The zero-order valence-electron chi connectivity index (χ0n) is 19.3. The summed E-state index contributed by atoms with van der Waals surface area (Å²) >= 11 is 0. The van der Waals surface area contributed by atoms with Gasteiger partial charge in [0.25, 0.3) is 0 Å². The molecule has 4 rings (SSSR count). The van der Waals surface area contributed by atoms with Gasteiger partial charge in [-0.1, -0.05) is 48.5 Å². The molecule has 0 bridgehead atoms. The highest BCUT2D eigenvalue weighted by molar-refractivity contribution is 5.91. The number of rotatable bonds is 6. The first kappa shape index (κ1) is 22.9. The Labute approximate surface area is 195 Å². The highest BCUT2D eigenvalue weighted by Crippen LogP contribution is 2.23. The van der Waals surface area contributed by atoms with Gasteiger partial charge in [-0.25, -0.2) is 0 Å². The molecule has 172 valence electrons. The largest absolute Gasteiger partial charge is 0.379 e. The number of nitrogens with zero attached hydrogens (tertiary/aromatic N) is 2. The first-order valence-electron chi connectivity index (χ1n) is 11.5. The van der Waals surface area contributed by atoms with Crippen LogP contribution in [0.25, 0.3) is 10.8 Å². The van der Waals surface area contributed by atoms with Gasteiger partial charge in [-0.15, -0.1) is 0 Å². The van der Waals surface area contributed by atoms with E-state index in [1.807, 2.05) is 47.5 Å². The predicted octanol–water partition coefficient (Wildman–Crippen LogP) is 3.39.